The molecule has 0 heterocycles. The van der Waals surface area contributed by atoms with Crippen molar-refractivity contribution in [3.8, 4) is 0 Å². The van der Waals surface area contributed by atoms with Gasteiger partial charge >= 0.3 is 5.97 Å². The summed E-state index contributed by atoms with van der Waals surface area (Å²) in [7, 11) is 0. The summed E-state index contributed by atoms with van der Waals surface area (Å²) in [4.78, 5) is 11.1. The van der Waals surface area contributed by atoms with Crippen LogP contribution < -0.4 is 5.73 Å². The lowest BCUT2D eigenvalue weighted by Crippen LogP contribution is -2.32. The number of rotatable bonds is 4. The molecule has 1 aromatic carbocycles. The summed E-state index contributed by atoms with van der Waals surface area (Å²) < 4.78 is 31.4. The Labute approximate surface area is 115 Å². The third-order valence-corrected chi connectivity index (χ3v) is 2.38. The van der Waals surface area contributed by atoms with Crippen LogP contribution in [0.25, 0.3) is 0 Å². The van der Waals surface area contributed by atoms with E-state index in [1.165, 1.54) is 12.1 Å². The molecule has 0 aromatic heterocycles. The fraction of sp³-hybridized carbons (Fsp3) is 0.364. The number of carbonyl (C=O) groups is 1. The van der Waals surface area contributed by atoms with Crippen LogP contribution in [-0.2, 0) is 9.53 Å². The van der Waals surface area contributed by atoms with E-state index in [1.54, 1.807) is 6.92 Å². The molecule has 18 heavy (non-hydrogen) atoms. The molecule has 3 nitrogen and oxygen atoms in total. The van der Waals surface area contributed by atoms with Crippen molar-refractivity contribution in [3.05, 3.63) is 34.6 Å². The van der Waals surface area contributed by atoms with Crippen LogP contribution in [0, 0.1) is 5.82 Å². The molecule has 0 aliphatic carbocycles. The smallest absolute Gasteiger partial charge is 0.342 e. The van der Waals surface area contributed by atoms with E-state index in [0.717, 1.165) is 6.07 Å². The molecule has 0 spiro atoms. The zero-order chi connectivity index (χ0) is 13.0. The minimum atomic E-state index is -2.11. The van der Waals surface area contributed by atoms with Crippen LogP contribution in [0.4, 0.5) is 8.78 Å². The van der Waals surface area contributed by atoms with E-state index in [4.69, 9.17) is 17.3 Å². The van der Waals surface area contributed by atoms with E-state index < -0.39 is 24.0 Å². The summed E-state index contributed by atoms with van der Waals surface area (Å²) in [5, 5.41) is 0.171. The summed E-state index contributed by atoms with van der Waals surface area (Å²) in [5.74, 6) is -1.86. The lowest BCUT2D eigenvalue weighted by atomic mass is 10.0. The Bertz CT molecular complexity index is 418. The van der Waals surface area contributed by atoms with Crippen molar-refractivity contribution in [2.45, 2.75) is 19.1 Å². The Morgan fingerprint density at radius 2 is 2.17 bits per heavy atom. The van der Waals surface area contributed by atoms with Gasteiger partial charge in [0.2, 0.25) is 6.17 Å². The molecule has 1 unspecified atom stereocenters. The van der Waals surface area contributed by atoms with Crippen molar-refractivity contribution in [3.63, 3.8) is 0 Å². The molecule has 0 radical (unpaired) electrons. The highest BCUT2D eigenvalue weighted by atomic mass is 35.5. The average molecular weight is 300 g/mol. The van der Waals surface area contributed by atoms with Crippen molar-refractivity contribution in [2.75, 3.05) is 6.61 Å². The third kappa shape index (κ3) is 4.08. The zero-order valence-corrected chi connectivity index (χ0v) is 11.1. The van der Waals surface area contributed by atoms with Crippen LogP contribution in [0.1, 0.15) is 18.5 Å². The van der Waals surface area contributed by atoms with Crippen LogP contribution in [0.15, 0.2) is 18.2 Å². The molecule has 2 N–H and O–H groups in total. The third-order valence-electron chi connectivity index (χ3n) is 2.15. The van der Waals surface area contributed by atoms with Gasteiger partial charge < -0.3 is 10.5 Å². The van der Waals surface area contributed by atoms with Gasteiger partial charge in [0.1, 0.15) is 5.82 Å². The largest absolute Gasteiger partial charge is 0.464 e. The molecule has 2 atom stereocenters. The first-order valence-corrected chi connectivity index (χ1v) is 5.36. The first-order chi connectivity index (χ1) is 7.97. The molecule has 0 aliphatic rings. The Morgan fingerprint density at radius 1 is 1.56 bits per heavy atom. The van der Waals surface area contributed by atoms with E-state index in [2.05, 4.69) is 4.74 Å². The van der Waals surface area contributed by atoms with Gasteiger partial charge in [-0.3, -0.25) is 0 Å². The van der Waals surface area contributed by atoms with Crippen molar-refractivity contribution in [2.24, 2.45) is 5.73 Å². The van der Waals surface area contributed by atoms with Gasteiger partial charge in [-0.05, 0) is 19.1 Å². The Morgan fingerprint density at radius 3 is 2.67 bits per heavy atom. The van der Waals surface area contributed by atoms with Crippen molar-refractivity contribution in [1.29, 1.82) is 0 Å². The Balaban J connectivity index is 0.00000289. The Kier molecular flexibility index (Phi) is 7.13. The van der Waals surface area contributed by atoms with E-state index in [9.17, 15) is 13.6 Å². The fourth-order valence-electron chi connectivity index (χ4n) is 1.30. The second kappa shape index (κ2) is 7.51. The number of halogens is 4. The van der Waals surface area contributed by atoms with Crippen molar-refractivity contribution >= 4 is 30.0 Å². The molecule has 0 amide bonds. The van der Waals surface area contributed by atoms with Gasteiger partial charge in [0.05, 0.1) is 12.6 Å². The highest BCUT2D eigenvalue weighted by Crippen LogP contribution is 2.23. The Hall–Kier alpha value is -0.910. The minimum absolute atomic E-state index is 0. The molecular formula is C11H13Cl2F2NO2. The number of hydrogen-bond acceptors (Lipinski definition) is 3. The average Bonchev–Trinajstić information content (AvgIpc) is 2.27. The lowest BCUT2D eigenvalue weighted by Gasteiger charge is -2.16. The summed E-state index contributed by atoms with van der Waals surface area (Å²) >= 11 is 5.55. The number of alkyl halides is 1. The van der Waals surface area contributed by atoms with E-state index in [0.29, 0.717) is 0 Å². The predicted molar refractivity (Wildman–Crippen MR) is 67.1 cm³/mol. The molecule has 0 fully saturated rings. The molecular weight excluding hydrogens is 287 g/mol. The standard InChI is InChI=1S/C11H12ClF2NO2.ClH/c1-2-17-11(16)9(14)10(15)7-4-3-6(12)5-8(7)13;/h3-5,9-10H,2,15H2,1H3;1H/t9?,10-;/m0./s1. The van der Waals surface area contributed by atoms with E-state index >= 15 is 0 Å². The van der Waals surface area contributed by atoms with Gasteiger partial charge in [0.25, 0.3) is 0 Å². The van der Waals surface area contributed by atoms with Crippen molar-refractivity contribution in [1.82, 2.24) is 0 Å². The number of hydrogen-bond donors (Lipinski definition) is 1. The SMILES string of the molecule is CCOC(=O)C(F)[C@@H](N)c1ccc(Cl)cc1F.Cl. The van der Waals surface area contributed by atoms with Gasteiger partial charge in [0, 0.05) is 10.6 Å². The number of nitrogens with two attached hydrogens (primary N) is 1. The van der Waals surface area contributed by atoms with Gasteiger partial charge in [-0.25, -0.2) is 13.6 Å². The quantitative estimate of drug-likeness (QED) is 0.870. The number of ether oxygens (including phenoxy) is 1. The minimum Gasteiger partial charge on any atom is -0.464 e. The molecule has 1 rings (SSSR count). The van der Waals surface area contributed by atoms with Gasteiger partial charge in [-0.15, -0.1) is 12.4 Å². The van der Waals surface area contributed by atoms with Gasteiger partial charge in [-0.1, -0.05) is 17.7 Å². The summed E-state index contributed by atoms with van der Waals surface area (Å²) in [5.41, 5.74) is 5.35. The van der Waals surface area contributed by atoms with Crippen LogP contribution >= 0.6 is 24.0 Å². The molecule has 0 saturated carbocycles. The normalized spacial score (nSPS) is 13.4. The molecule has 0 bridgehead atoms. The number of esters is 1. The highest BCUT2D eigenvalue weighted by Gasteiger charge is 2.29. The zero-order valence-electron chi connectivity index (χ0n) is 9.53. The van der Waals surface area contributed by atoms with Crippen LogP contribution in [0.5, 0.6) is 0 Å². The lowest BCUT2D eigenvalue weighted by molar-refractivity contribution is -0.149. The number of carbonyl (C=O) groups excluding carboxylic acids is 1. The van der Waals surface area contributed by atoms with Crippen LogP contribution in [-0.4, -0.2) is 18.7 Å². The maximum absolute atomic E-state index is 13.5. The fourth-order valence-corrected chi connectivity index (χ4v) is 1.46. The van der Waals surface area contributed by atoms with E-state index in [1.807, 2.05) is 0 Å². The first kappa shape index (κ1) is 17.1. The van der Waals surface area contributed by atoms with Crippen LogP contribution in [0.2, 0.25) is 5.02 Å². The predicted octanol–water partition coefficient (Wildman–Crippen LogP) is 2.80. The molecule has 102 valence electrons. The van der Waals surface area contributed by atoms with Crippen LogP contribution in [0.3, 0.4) is 0 Å². The number of benzene rings is 1. The second-order valence-electron chi connectivity index (χ2n) is 3.35. The van der Waals surface area contributed by atoms with Crippen molar-refractivity contribution < 1.29 is 18.3 Å². The maximum atomic E-state index is 13.5. The molecule has 0 saturated heterocycles. The summed E-state index contributed by atoms with van der Waals surface area (Å²) in [6.07, 6.45) is -2.11. The first-order valence-electron chi connectivity index (χ1n) is 4.98. The topological polar surface area (TPSA) is 52.3 Å². The van der Waals surface area contributed by atoms with E-state index in [-0.39, 0.29) is 29.6 Å². The van der Waals surface area contributed by atoms with Gasteiger partial charge in [0.15, 0.2) is 0 Å². The summed E-state index contributed by atoms with van der Waals surface area (Å²) in [6.45, 7) is 1.58. The monoisotopic (exact) mass is 299 g/mol. The highest BCUT2D eigenvalue weighted by molar-refractivity contribution is 6.30. The molecule has 7 heteroatoms. The maximum Gasteiger partial charge on any atom is 0.342 e. The second-order valence-corrected chi connectivity index (χ2v) is 3.78. The molecule has 1 aromatic rings. The van der Waals surface area contributed by atoms with Gasteiger partial charge in [-0.2, -0.15) is 0 Å². The molecule has 0 aliphatic heterocycles. The summed E-state index contributed by atoms with van der Waals surface area (Å²) in [6, 6.07) is 2.21.